The van der Waals surface area contributed by atoms with Crippen LogP contribution in [0.25, 0.3) is 0 Å². The maximum Gasteiger partial charge on any atom is 0.251 e. The molecule has 0 aliphatic heterocycles. The number of amides is 1. The zero-order valence-electron chi connectivity index (χ0n) is 11.5. The van der Waals surface area contributed by atoms with Crippen LogP contribution < -0.4 is 10.1 Å². The van der Waals surface area contributed by atoms with Gasteiger partial charge in [0.1, 0.15) is 0 Å². The number of carbonyl (C=O) groups excluding carboxylic acids is 1. The summed E-state index contributed by atoms with van der Waals surface area (Å²) in [7, 11) is 1.46. The second kappa shape index (κ2) is 6.66. The van der Waals surface area contributed by atoms with Crippen molar-refractivity contribution >= 4 is 17.5 Å². The number of carbonyl (C=O) groups is 1. The predicted octanol–water partition coefficient (Wildman–Crippen LogP) is 2.79. The van der Waals surface area contributed by atoms with Crippen LogP contribution in [-0.4, -0.2) is 30.5 Å². The molecule has 0 saturated carbocycles. The van der Waals surface area contributed by atoms with E-state index in [1.54, 1.807) is 12.1 Å². The van der Waals surface area contributed by atoms with E-state index in [1.165, 1.54) is 13.2 Å². The van der Waals surface area contributed by atoms with Crippen molar-refractivity contribution in [2.45, 2.75) is 20.3 Å². The van der Waals surface area contributed by atoms with Gasteiger partial charge in [0.2, 0.25) is 0 Å². The highest BCUT2D eigenvalue weighted by molar-refractivity contribution is 6.17. The molecule has 5 heteroatoms. The van der Waals surface area contributed by atoms with Crippen molar-refractivity contribution in [3.8, 4) is 11.5 Å². The molecule has 0 aliphatic carbocycles. The Labute approximate surface area is 118 Å². The first-order valence-corrected chi connectivity index (χ1v) is 6.64. The average Bonchev–Trinajstić information content (AvgIpc) is 2.36. The van der Waals surface area contributed by atoms with Crippen molar-refractivity contribution < 1.29 is 14.6 Å². The number of hydrogen-bond donors (Lipinski definition) is 2. The number of nitrogens with one attached hydrogen (secondary N) is 1. The van der Waals surface area contributed by atoms with Gasteiger partial charge in [-0.15, -0.1) is 11.6 Å². The molecule has 0 heterocycles. The van der Waals surface area contributed by atoms with E-state index >= 15 is 0 Å². The highest BCUT2D eigenvalue weighted by atomic mass is 35.5. The Morgan fingerprint density at radius 3 is 2.68 bits per heavy atom. The van der Waals surface area contributed by atoms with E-state index in [0.29, 0.717) is 23.7 Å². The van der Waals surface area contributed by atoms with Crippen LogP contribution in [-0.2, 0) is 0 Å². The van der Waals surface area contributed by atoms with E-state index in [2.05, 4.69) is 5.32 Å². The predicted molar refractivity (Wildman–Crippen MR) is 76.1 cm³/mol. The van der Waals surface area contributed by atoms with Crippen LogP contribution in [0, 0.1) is 5.41 Å². The lowest BCUT2D eigenvalue weighted by molar-refractivity contribution is 0.0935. The fraction of sp³-hybridized carbons (Fsp3) is 0.500. The Balaban J connectivity index is 2.66. The molecule has 19 heavy (non-hydrogen) atoms. The number of aromatic hydroxyl groups is 1. The highest BCUT2D eigenvalue weighted by Gasteiger charge is 2.19. The van der Waals surface area contributed by atoms with E-state index in [0.717, 1.165) is 6.42 Å². The van der Waals surface area contributed by atoms with E-state index in [4.69, 9.17) is 16.3 Å². The molecular formula is C14H20ClNO3. The second-order valence-corrected chi connectivity index (χ2v) is 5.55. The van der Waals surface area contributed by atoms with Crippen molar-refractivity contribution in [2.24, 2.45) is 5.41 Å². The number of phenolic OH excluding ortho intramolecular Hbond substituents is 1. The summed E-state index contributed by atoms with van der Waals surface area (Å²) in [5.41, 5.74) is 0.353. The lowest BCUT2D eigenvalue weighted by Gasteiger charge is -2.23. The SMILES string of the molecule is COc1ccc(C(=O)NCC(C)(C)CCCl)cc1O. The summed E-state index contributed by atoms with van der Waals surface area (Å²) in [6.45, 7) is 4.62. The zero-order valence-corrected chi connectivity index (χ0v) is 12.3. The third kappa shape index (κ3) is 4.63. The lowest BCUT2D eigenvalue weighted by atomic mass is 9.90. The number of methoxy groups -OCH3 is 1. The van der Waals surface area contributed by atoms with Crippen LogP contribution in [0.2, 0.25) is 0 Å². The van der Waals surface area contributed by atoms with Gasteiger partial charge in [-0.05, 0) is 30.0 Å². The van der Waals surface area contributed by atoms with Crippen molar-refractivity contribution in [3.05, 3.63) is 23.8 Å². The van der Waals surface area contributed by atoms with Gasteiger partial charge >= 0.3 is 0 Å². The monoisotopic (exact) mass is 285 g/mol. The maximum absolute atomic E-state index is 12.0. The minimum atomic E-state index is -0.222. The summed E-state index contributed by atoms with van der Waals surface area (Å²) >= 11 is 5.71. The number of halogens is 1. The first kappa shape index (κ1) is 15.6. The van der Waals surface area contributed by atoms with Gasteiger partial charge in [-0.1, -0.05) is 13.8 Å². The first-order valence-electron chi connectivity index (χ1n) is 6.11. The van der Waals surface area contributed by atoms with E-state index in [-0.39, 0.29) is 17.1 Å². The quantitative estimate of drug-likeness (QED) is 0.790. The molecule has 0 bridgehead atoms. The lowest BCUT2D eigenvalue weighted by Crippen LogP contribution is -2.34. The summed E-state index contributed by atoms with van der Waals surface area (Å²) < 4.78 is 4.93. The molecule has 1 amide bonds. The van der Waals surface area contributed by atoms with Crippen LogP contribution in [0.15, 0.2) is 18.2 Å². The minimum absolute atomic E-state index is 0.0461. The van der Waals surface area contributed by atoms with Gasteiger partial charge in [0.15, 0.2) is 11.5 Å². The first-order chi connectivity index (χ1) is 8.89. The third-order valence-electron chi connectivity index (χ3n) is 2.94. The second-order valence-electron chi connectivity index (χ2n) is 5.17. The van der Waals surface area contributed by atoms with Gasteiger partial charge in [-0.2, -0.15) is 0 Å². The molecule has 0 atom stereocenters. The smallest absolute Gasteiger partial charge is 0.251 e. The number of ether oxygens (including phenoxy) is 1. The number of hydrogen-bond acceptors (Lipinski definition) is 3. The molecule has 2 N–H and O–H groups in total. The van der Waals surface area contributed by atoms with Crippen LogP contribution in [0.1, 0.15) is 30.6 Å². The molecule has 0 spiro atoms. The Morgan fingerprint density at radius 2 is 2.16 bits per heavy atom. The molecule has 1 rings (SSSR count). The van der Waals surface area contributed by atoms with Crippen LogP contribution in [0.3, 0.4) is 0 Å². The minimum Gasteiger partial charge on any atom is -0.504 e. The van der Waals surface area contributed by atoms with Crippen molar-refractivity contribution in [2.75, 3.05) is 19.5 Å². The van der Waals surface area contributed by atoms with Gasteiger partial charge in [-0.25, -0.2) is 0 Å². The third-order valence-corrected chi connectivity index (χ3v) is 3.13. The molecule has 0 radical (unpaired) electrons. The van der Waals surface area contributed by atoms with Crippen molar-refractivity contribution in [1.29, 1.82) is 0 Å². The van der Waals surface area contributed by atoms with Crippen LogP contribution in [0.5, 0.6) is 11.5 Å². The summed E-state index contributed by atoms with van der Waals surface area (Å²) in [5, 5.41) is 12.5. The van der Waals surface area contributed by atoms with Gasteiger partial charge in [0.05, 0.1) is 7.11 Å². The summed E-state index contributed by atoms with van der Waals surface area (Å²) in [6.07, 6.45) is 0.822. The fourth-order valence-electron chi connectivity index (χ4n) is 1.60. The molecule has 1 aromatic rings. The van der Waals surface area contributed by atoms with E-state index in [1.807, 2.05) is 13.8 Å². The topological polar surface area (TPSA) is 58.6 Å². The molecule has 1 aromatic carbocycles. The molecule has 0 aromatic heterocycles. The molecule has 0 aliphatic rings. The molecular weight excluding hydrogens is 266 g/mol. The number of phenols is 1. The van der Waals surface area contributed by atoms with Crippen molar-refractivity contribution in [3.63, 3.8) is 0 Å². The Hall–Kier alpha value is -1.42. The van der Waals surface area contributed by atoms with Crippen LogP contribution in [0.4, 0.5) is 0 Å². The molecule has 0 unspecified atom stereocenters. The van der Waals surface area contributed by atoms with Gasteiger partial charge in [0.25, 0.3) is 5.91 Å². The van der Waals surface area contributed by atoms with Gasteiger partial charge in [-0.3, -0.25) is 4.79 Å². The normalized spacial score (nSPS) is 11.2. The van der Waals surface area contributed by atoms with Gasteiger partial charge in [0, 0.05) is 18.0 Å². The molecule has 0 fully saturated rings. The number of rotatable bonds is 6. The average molecular weight is 286 g/mol. The van der Waals surface area contributed by atoms with E-state index in [9.17, 15) is 9.90 Å². The fourth-order valence-corrected chi connectivity index (χ4v) is 2.11. The number of alkyl halides is 1. The van der Waals surface area contributed by atoms with Crippen LogP contribution >= 0.6 is 11.6 Å². The highest BCUT2D eigenvalue weighted by Crippen LogP contribution is 2.26. The Kier molecular flexibility index (Phi) is 5.48. The standard InChI is InChI=1S/C14H20ClNO3/c1-14(2,6-7-15)9-16-13(18)10-4-5-12(19-3)11(17)8-10/h4-5,8,17H,6-7,9H2,1-3H3,(H,16,18). The largest absolute Gasteiger partial charge is 0.504 e. The molecule has 4 nitrogen and oxygen atoms in total. The Bertz CT molecular complexity index is 446. The zero-order chi connectivity index (χ0) is 14.5. The Morgan fingerprint density at radius 1 is 1.47 bits per heavy atom. The summed E-state index contributed by atoms with van der Waals surface area (Å²) in [5.74, 6) is 0.640. The maximum atomic E-state index is 12.0. The molecule has 106 valence electrons. The van der Waals surface area contributed by atoms with E-state index < -0.39 is 0 Å². The molecule has 0 saturated heterocycles. The summed E-state index contributed by atoms with van der Waals surface area (Å²) in [4.78, 5) is 12.0. The number of benzene rings is 1. The summed E-state index contributed by atoms with van der Waals surface area (Å²) in [6, 6.07) is 4.57. The van der Waals surface area contributed by atoms with Gasteiger partial charge < -0.3 is 15.2 Å². The van der Waals surface area contributed by atoms with Crippen molar-refractivity contribution in [1.82, 2.24) is 5.32 Å².